The molecule has 2 aromatic carbocycles. The quantitative estimate of drug-likeness (QED) is 0.127. The lowest BCUT2D eigenvalue weighted by atomic mass is 9.85. The van der Waals surface area contributed by atoms with Gasteiger partial charge in [-0.25, -0.2) is 18.6 Å². The molecule has 2 N–H and O–H groups in total. The van der Waals surface area contributed by atoms with Crippen molar-refractivity contribution in [3.63, 3.8) is 0 Å². The van der Waals surface area contributed by atoms with Crippen LogP contribution in [0.5, 0.6) is 0 Å². The third kappa shape index (κ3) is 7.63. The molecular formula is C40H37F7N8O4. The molecule has 3 amide bonds. The highest BCUT2D eigenvalue weighted by atomic mass is 19.4. The van der Waals surface area contributed by atoms with Gasteiger partial charge in [0.15, 0.2) is 0 Å². The number of anilines is 1. The number of piperidine rings is 1. The summed E-state index contributed by atoms with van der Waals surface area (Å²) >= 11 is 0. The lowest BCUT2D eigenvalue weighted by molar-refractivity contribution is -0.141. The molecule has 1 saturated carbocycles. The van der Waals surface area contributed by atoms with Crippen molar-refractivity contribution in [3.05, 3.63) is 93.8 Å². The van der Waals surface area contributed by atoms with Crippen molar-refractivity contribution in [1.82, 2.24) is 34.1 Å². The predicted molar refractivity (Wildman–Crippen MR) is 201 cm³/mol. The Hall–Kier alpha value is -5.85. The summed E-state index contributed by atoms with van der Waals surface area (Å²) in [7, 11) is 1.47. The molecule has 2 fully saturated rings. The number of hydrogen-bond acceptors (Lipinski definition) is 7. The third-order valence-electron chi connectivity index (χ3n) is 11.4. The number of hydrogen-bond donors (Lipinski definition) is 2. The standard InChI is InChI=1S/C40H37F7N8O4/c1-52-34-24(4-2-6-30(34)55(38(52)59)31-12-13-33(56)50-37(31)58)26-14-15-53(20-39(26,43)44)18-21-8-10-23(11-9-21)54-19-22-16-29(25(35(41)42)17-28(22)51-54)49-36(57)27-5-3-7-32(48-27)40(45,46)47/h2-7,14,16-17,19,21,23,31,35H,8-13,15,18,20H2,1H3,(H,49,57)(H,50,56,58). The summed E-state index contributed by atoms with van der Waals surface area (Å²) in [4.78, 5) is 55.6. The fraction of sp³-hybridized carbons (Fsp3) is 0.400. The van der Waals surface area contributed by atoms with Gasteiger partial charge in [-0.3, -0.25) is 38.4 Å². The Balaban J connectivity index is 0.938. The summed E-state index contributed by atoms with van der Waals surface area (Å²) in [5.74, 6) is -5.33. The number of benzene rings is 2. The van der Waals surface area contributed by atoms with Crippen molar-refractivity contribution in [3.8, 4) is 0 Å². The number of alkyl halides is 7. The van der Waals surface area contributed by atoms with Crippen molar-refractivity contribution in [2.45, 2.75) is 69.1 Å². The Morgan fingerprint density at radius 2 is 1.76 bits per heavy atom. The SMILES string of the molecule is Cn1c(=O)n(C2CCC(=O)NC2=O)c2cccc(C3=CCN(CC4CCC(n5cc6cc(NC(=O)c7cccc(C(F)(F)F)n7)c(C(F)F)cc6n5)CC4)CC3(F)F)c21. The zero-order chi connectivity index (χ0) is 42.0. The number of nitrogens with one attached hydrogen (secondary N) is 2. The molecular weight excluding hydrogens is 789 g/mol. The molecule has 12 nitrogen and oxygen atoms in total. The molecule has 3 aromatic heterocycles. The average molecular weight is 827 g/mol. The van der Waals surface area contributed by atoms with Gasteiger partial charge in [0.1, 0.15) is 17.4 Å². The lowest BCUT2D eigenvalue weighted by Gasteiger charge is -2.37. The number of para-hydroxylation sites is 1. The van der Waals surface area contributed by atoms with Crippen molar-refractivity contribution < 1.29 is 45.1 Å². The number of amides is 3. The molecule has 1 atom stereocenters. The van der Waals surface area contributed by atoms with Gasteiger partial charge in [0, 0.05) is 54.8 Å². The molecule has 0 radical (unpaired) electrons. The van der Waals surface area contributed by atoms with Crippen LogP contribution in [0.1, 0.15) is 84.3 Å². The first kappa shape index (κ1) is 40.0. The van der Waals surface area contributed by atoms with Crippen LogP contribution in [0.4, 0.5) is 36.4 Å². The zero-order valence-electron chi connectivity index (χ0n) is 31.4. The summed E-state index contributed by atoms with van der Waals surface area (Å²) in [6.45, 7) is 0.0999. The minimum Gasteiger partial charge on any atom is -0.320 e. The van der Waals surface area contributed by atoms with E-state index in [1.165, 1.54) is 34.4 Å². The molecule has 19 heteroatoms. The van der Waals surface area contributed by atoms with E-state index in [0.29, 0.717) is 49.2 Å². The number of aryl methyl sites for hydroxylation is 1. The Kier molecular flexibility index (Phi) is 10.2. The number of aromatic nitrogens is 5. The molecule has 0 bridgehead atoms. The van der Waals surface area contributed by atoms with Crippen LogP contribution in [0.15, 0.2) is 65.6 Å². The number of imide groups is 1. The first-order valence-electron chi connectivity index (χ1n) is 19.0. The van der Waals surface area contributed by atoms with Gasteiger partial charge in [-0.05, 0) is 68.4 Å². The third-order valence-corrected chi connectivity index (χ3v) is 11.4. The number of carbonyl (C=O) groups is 3. The van der Waals surface area contributed by atoms with E-state index in [4.69, 9.17) is 0 Å². The van der Waals surface area contributed by atoms with E-state index < -0.39 is 71.5 Å². The molecule has 1 saturated heterocycles. The smallest absolute Gasteiger partial charge is 0.320 e. The number of halogens is 7. The van der Waals surface area contributed by atoms with Crippen LogP contribution in [0, 0.1) is 5.92 Å². The summed E-state index contributed by atoms with van der Waals surface area (Å²) in [5.41, 5.74) is -2.50. The van der Waals surface area contributed by atoms with E-state index in [2.05, 4.69) is 20.7 Å². The molecule has 59 heavy (non-hydrogen) atoms. The van der Waals surface area contributed by atoms with Crippen LogP contribution in [0.2, 0.25) is 0 Å². The molecule has 1 unspecified atom stereocenters. The molecule has 3 aliphatic rings. The highest BCUT2D eigenvalue weighted by molar-refractivity contribution is 6.04. The molecule has 310 valence electrons. The van der Waals surface area contributed by atoms with Gasteiger partial charge in [0.2, 0.25) is 11.8 Å². The largest absolute Gasteiger partial charge is 0.433 e. The second-order valence-electron chi connectivity index (χ2n) is 15.3. The highest BCUT2D eigenvalue weighted by Crippen LogP contribution is 2.41. The minimum absolute atomic E-state index is 0.0467. The monoisotopic (exact) mass is 826 g/mol. The van der Waals surface area contributed by atoms with Crippen LogP contribution < -0.4 is 16.3 Å². The molecule has 1 aliphatic carbocycles. The maximum absolute atomic E-state index is 16.1. The highest BCUT2D eigenvalue weighted by Gasteiger charge is 2.42. The molecule has 8 rings (SSSR count). The van der Waals surface area contributed by atoms with Gasteiger partial charge in [0.05, 0.1) is 34.8 Å². The van der Waals surface area contributed by atoms with Crippen molar-refractivity contribution in [1.29, 1.82) is 0 Å². The van der Waals surface area contributed by atoms with Crippen LogP contribution in [0.25, 0.3) is 27.5 Å². The second-order valence-corrected chi connectivity index (χ2v) is 15.3. The number of nitrogens with zero attached hydrogens (tertiary/aromatic N) is 6. The number of pyridine rings is 1. The summed E-state index contributed by atoms with van der Waals surface area (Å²) in [6.07, 6.45) is -1.91. The summed E-state index contributed by atoms with van der Waals surface area (Å²) in [6, 6.07) is 8.80. The van der Waals surface area contributed by atoms with Crippen molar-refractivity contribution in [2.75, 3.05) is 25.0 Å². The van der Waals surface area contributed by atoms with Gasteiger partial charge in [0.25, 0.3) is 18.3 Å². The van der Waals surface area contributed by atoms with E-state index >= 15 is 8.78 Å². The van der Waals surface area contributed by atoms with E-state index in [-0.39, 0.29) is 59.2 Å². The lowest BCUT2D eigenvalue weighted by Crippen LogP contribution is -2.44. The number of carbonyl (C=O) groups excluding carboxylic acids is 3. The van der Waals surface area contributed by atoms with Gasteiger partial charge in [-0.1, -0.05) is 24.3 Å². The van der Waals surface area contributed by atoms with Crippen LogP contribution in [0.3, 0.4) is 0 Å². The topological polar surface area (TPSA) is 136 Å². The average Bonchev–Trinajstić information content (AvgIpc) is 3.71. The van der Waals surface area contributed by atoms with Crippen LogP contribution in [-0.2, 0) is 22.8 Å². The van der Waals surface area contributed by atoms with Gasteiger partial charge in [-0.15, -0.1) is 0 Å². The zero-order valence-corrected chi connectivity index (χ0v) is 31.4. The fourth-order valence-electron chi connectivity index (χ4n) is 8.58. The maximum atomic E-state index is 16.1. The second kappa shape index (κ2) is 15.1. The van der Waals surface area contributed by atoms with E-state index in [1.54, 1.807) is 27.9 Å². The molecule has 0 spiro atoms. The number of rotatable bonds is 8. The van der Waals surface area contributed by atoms with Crippen LogP contribution >= 0.6 is 0 Å². The van der Waals surface area contributed by atoms with E-state index in [0.717, 1.165) is 18.2 Å². The molecule has 2 aliphatic heterocycles. The van der Waals surface area contributed by atoms with E-state index in [9.17, 15) is 41.1 Å². The van der Waals surface area contributed by atoms with Gasteiger partial charge < -0.3 is 5.32 Å². The normalized spacial score (nSPS) is 21.6. The summed E-state index contributed by atoms with van der Waals surface area (Å²) in [5, 5.41) is 9.46. The Morgan fingerprint density at radius 1 is 1.02 bits per heavy atom. The fourth-order valence-corrected chi connectivity index (χ4v) is 8.58. The Labute approximate surface area is 330 Å². The van der Waals surface area contributed by atoms with Crippen LogP contribution in [-0.4, -0.2) is 72.1 Å². The van der Waals surface area contributed by atoms with Gasteiger partial charge in [-0.2, -0.15) is 27.1 Å². The van der Waals surface area contributed by atoms with Crippen molar-refractivity contribution in [2.24, 2.45) is 13.0 Å². The minimum atomic E-state index is -4.81. The van der Waals surface area contributed by atoms with Gasteiger partial charge >= 0.3 is 11.9 Å². The van der Waals surface area contributed by atoms with Crippen molar-refractivity contribution >= 4 is 50.9 Å². The Morgan fingerprint density at radius 3 is 2.46 bits per heavy atom. The first-order valence-corrected chi connectivity index (χ1v) is 19.0. The summed E-state index contributed by atoms with van der Waals surface area (Å²) < 4.78 is 104. The number of fused-ring (bicyclic) bond motifs is 2. The molecule has 5 heterocycles. The Bertz CT molecular complexity index is 2590. The number of imidazole rings is 1. The first-order chi connectivity index (χ1) is 28.0. The van der Waals surface area contributed by atoms with E-state index in [1.807, 2.05) is 0 Å². The maximum Gasteiger partial charge on any atom is 0.433 e. The molecule has 5 aromatic rings. The predicted octanol–water partition coefficient (Wildman–Crippen LogP) is 7.04.